The number of nitrogens with one attached hydrogen (secondary N) is 2. The number of rotatable bonds is 11. The van der Waals surface area contributed by atoms with Gasteiger partial charge in [0.1, 0.15) is 6.04 Å². The van der Waals surface area contributed by atoms with E-state index in [2.05, 4.69) is 24.5 Å². The highest BCUT2D eigenvalue weighted by Crippen LogP contribution is 2.11. The van der Waals surface area contributed by atoms with Gasteiger partial charge in [-0.15, -0.1) is 0 Å². The van der Waals surface area contributed by atoms with Gasteiger partial charge in [0.15, 0.2) is 0 Å². The van der Waals surface area contributed by atoms with Crippen molar-refractivity contribution >= 4 is 23.8 Å². The van der Waals surface area contributed by atoms with Gasteiger partial charge < -0.3 is 15.7 Å². The topological polar surface area (TPSA) is 78.4 Å². The van der Waals surface area contributed by atoms with Gasteiger partial charge in [-0.05, 0) is 30.8 Å². The van der Waals surface area contributed by atoms with Crippen LogP contribution in [0.5, 0.6) is 0 Å². The molecule has 0 aliphatic rings. The van der Waals surface area contributed by atoms with E-state index in [0.29, 0.717) is 24.6 Å². The van der Waals surface area contributed by atoms with Crippen molar-refractivity contribution in [3.63, 3.8) is 0 Å². The number of thioether (sulfide) groups is 1. The maximum absolute atomic E-state index is 11.7. The minimum atomic E-state index is -0.979. The number of carbonyl (C=O) groups is 2. The number of hydrogen-bond acceptors (Lipinski definition) is 3. The number of aliphatic carboxylic acids is 1. The second kappa shape index (κ2) is 11.9. The van der Waals surface area contributed by atoms with Gasteiger partial charge in [0.05, 0.1) is 0 Å². The van der Waals surface area contributed by atoms with Crippen LogP contribution in [0.4, 0.5) is 4.79 Å². The van der Waals surface area contributed by atoms with E-state index in [4.69, 9.17) is 5.11 Å². The molecule has 0 aliphatic heterocycles. The van der Waals surface area contributed by atoms with Crippen molar-refractivity contribution in [2.75, 3.05) is 18.6 Å². The summed E-state index contributed by atoms with van der Waals surface area (Å²) in [6.45, 7) is 4.87. The first-order valence-electron chi connectivity index (χ1n) is 7.31. The molecular weight excluding hydrogens is 276 g/mol. The average Bonchev–Trinajstić information content (AvgIpc) is 2.43. The quantitative estimate of drug-likeness (QED) is 0.548. The van der Waals surface area contributed by atoms with Crippen LogP contribution in [-0.4, -0.2) is 41.7 Å². The summed E-state index contributed by atoms with van der Waals surface area (Å²) < 4.78 is 0. The minimum Gasteiger partial charge on any atom is -0.480 e. The number of hydrogen-bond donors (Lipinski definition) is 3. The smallest absolute Gasteiger partial charge is 0.326 e. The predicted octanol–water partition coefficient (Wildman–Crippen LogP) is 2.71. The number of urea groups is 1. The van der Waals surface area contributed by atoms with Crippen molar-refractivity contribution in [2.45, 2.75) is 52.0 Å². The summed E-state index contributed by atoms with van der Waals surface area (Å²) in [6, 6.07) is -1.19. The average molecular weight is 304 g/mol. The molecule has 0 fully saturated rings. The first kappa shape index (κ1) is 19.1. The third-order valence-corrected chi connectivity index (χ3v) is 3.95. The fraction of sp³-hybridized carbons (Fsp3) is 0.857. The van der Waals surface area contributed by atoms with Crippen LogP contribution in [0.3, 0.4) is 0 Å². The molecule has 2 atom stereocenters. The summed E-state index contributed by atoms with van der Waals surface area (Å²) in [5.41, 5.74) is 0. The second-order valence-corrected chi connectivity index (χ2v) is 5.93. The van der Waals surface area contributed by atoms with Crippen LogP contribution in [-0.2, 0) is 4.79 Å². The molecule has 0 aromatic heterocycles. The summed E-state index contributed by atoms with van der Waals surface area (Å²) in [5, 5.41) is 14.3. The van der Waals surface area contributed by atoms with Gasteiger partial charge in [-0.1, -0.05) is 33.1 Å². The Morgan fingerprint density at radius 1 is 1.25 bits per heavy atom. The zero-order chi connectivity index (χ0) is 15.4. The molecule has 5 nitrogen and oxygen atoms in total. The molecule has 20 heavy (non-hydrogen) atoms. The molecule has 0 rings (SSSR count). The Morgan fingerprint density at radius 2 is 1.95 bits per heavy atom. The first-order valence-corrected chi connectivity index (χ1v) is 8.70. The first-order chi connectivity index (χ1) is 9.54. The van der Waals surface area contributed by atoms with Gasteiger partial charge in [0, 0.05) is 6.54 Å². The molecule has 2 amide bonds. The summed E-state index contributed by atoms with van der Waals surface area (Å²) in [5.74, 6) is 0.202. The van der Waals surface area contributed by atoms with Crippen molar-refractivity contribution in [3.05, 3.63) is 0 Å². The number of unbranched alkanes of at least 4 members (excludes halogenated alkanes) is 1. The third kappa shape index (κ3) is 9.07. The van der Waals surface area contributed by atoms with E-state index in [1.54, 1.807) is 11.8 Å². The Morgan fingerprint density at radius 3 is 2.45 bits per heavy atom. The lowest BCUT2D eigenvalue weighted by atomic mass is 9.99. The van der Waals surface area contributed by atoms with E-state index in [9.17, 15) is 9.59 Å². The summed E-state index contributed by atoms with van der Waals surface area (Å²) in [7, 11) is 0. The fourth-order valence-corrected chi connectivity index (χ4v) is 2.35. The van der Waals surface area contributed by atoms with Crippen molar-refractivity contribution < 1.29 is 14.7 Å². The van der Waals surface area contributed by atoms with Gasteiger partial charge in [-0.3, -0.25) is 0 Å². The van der Waals surface area contributed by atoms with E-state index in [1.165, 1.54) is 0 Å². The van der Waals surface area contributed by atoms with Crippen molar-refractivity contribution in [1.29, 1.82) is 0 Å². The van der Waals surface area contributed by atoms with E-state index in [1.807, 2.05) is 6.26 Å². The third-order valence-electron chi connectivity index (χ3n) is 3.31. The van der Waals surface area contributed by atoms with Crippen LogP contribution in [0.25, 0.3) is 0 Å². The lowest BCUT2D eigenvalue weighted by Gasteiger charge is -2.18. The molecule has 3 N–H and O–H groups in total. The molecule has 0 heterocycles. The maximum Gasteiger partial charge on any atom is 0.326 e. The Labute approximate surface area is 126 Å². The summed E-state index contributed by atoms with van der Waals surface area (Å²) in [4.78, 5) is 22.7. The molecule has 118 valence electrons. The van der Waals surface area contributed by atoms with Gasteiger partial charge in [-0.25, -0.2) is 9.59 Å². The van der Waals surface area contributed by atoms with E-state index in [-0.39, 0.29) is 6.03 Å². The van der Waals surface area contributed by atoms with Crippen LogP contribution in [0, 0.1) is 5.92 Å². The fourth-order valence-electron chi connectivity index (χ4n) is 1.88. The van der Waals surface area contributed by atoms with Crippen LogP contribution in [0.1, 0.15) is 46.0 Å². The molecular formula is C14H28N2O3S. The molecule has 0 saturated carbocycles. The number of carbonyl (C=O) groups excluding carboxylic acids is 1. The lowest BCUT2D eigenvalue weighted by molar-refractivity contribution is -0.139. The van der Waals surface area contributed by atoms with Gasteiger partial charge >= 0.3 is 12.0 Å². The molecule has 0 spiro atoms. The van der Waals surface area contributed by atoms with E-state index < -0.39 is 12.0 Å². The molecule has 0 saturated heterocycles. The van der Waals surface area contributed by atoms with Gasteiger partial charge in [0.2, 0.25) is 0 Å². The van der Waals surface area contributed by atoms with Crippen molar-refractivity contribution in [3.8, 4) is 0 Å². The van der Waals surface area contributed by atoms with Crippen LogP contribution >= 0.6 is 11.8 Å². The molecule has 0 aromatic carbocycles. The van der Waals surface area contributed by atoms with Crippen molar-refractivity contribution in [2.24, 2.45) is 5.92 Å². The normalized spacial score (nSPS) is 13.6. The van der Waals surface area contributed by atoms with Crippen LogP contribution in [0.15, 0.2) is 0 Å². The zero-order valence-electron chi connectivity index (χ0n) is 12.8. The number of carboxylic acids is 1. The standard InChI is InChI=1S/C14H28N2O3S/c1-4-6-7-11(5-2)10-15-14(19)16-12(13(17)18)8-9-20-3/h11-12H,4-10H2,1-3H3,(H,17,18)(H2,15,16,19)/t11-,12-/m0/s1. The number of carboxylic acid groups (broad SMARTS) is 1. The number of amides is 2. The highest BCUT2D eigenvalue weighted by Gasteiger charge is 2.19. The SMILES string of the molecule is CCCC[C@H](CC)CNC(=O)N[C@@H](CCSC)C(=O)O. The zero-order valence-corrected chi connectivity index (χ0v) is 13.6. The Kier molecular flexibility index (Phi) is 11.3. The van der Waals surface area contributed by atoms with Crippen LogP contribution < -0.4 is 10.6 Å². The van der Waals surface area contributed by atoms with Crippen LogP contribution in [0.2, 0.25) is 0 Å². The molecule has 6 heteroatoms. The molecule has 0 bridgehead atoms. The Hall–Kier alpha value is -0.910. The Bertz CT molecular complexity index is 288. The van der Waals surface area contributed by atoms with E-state index >= 15 is 0 Å². The van der Waals surface area contributed by atoms with Gasteiger partial charge in [-0.2, -0.15) is 11.8 Å². The second-order valence-electron chi connectivity index (χ2n) is 4.94. The highest BCUT2D eigenvalue weighted by molar-refractivity contribution is 7.98. The van der Waals surface area contributed by atoms with Crippen molar-refractivity contribution in [1.82, 2.24) is 10.6 Å². The highest BCUT2D eigenvalue weighted by atomic mass is 32.2. The van der Waals surface area contributed by atoms with Gasteiger partial charge in [0.25, 0.3) is 0 Å². The molecule has 0 unspecified atom stereocenters. The predicted molar refractivity (Wildman–Crippen MR) is 84.3 cm³/mol. The molecule has 0 aromatic rings. The van der Waals surface area contributed by atoms with E-state index in [0.717, 1.165) is 25.7 Å². The largest absolute Gasteiger partial charge is 0.480 e. The summed E-state index contributed by atoms with van der Waals surface area (Å²) in [6.07, 6.45) is 6.79. The molecule has 0 aliphatic carbocycles. The maximum atomic E-state index is 11.7. The minimum absolute atomic E-state index is 0.381. The molecule has 0 radical (unpaired) electrons. The lowest BCUT2D eigenvalue weighted by Crippen LogP contribution is -2.47. The Balaban J connectivity index is 4.07. The monoisotopic (exact) mass is 304 g/mol. The summed E-state index contributed by atoms with van der Waals surface area (Å²) >= 11 is 1.57.